The van der Waals surface area contributed by atoms with Crippen LogP contribution in [0.5, 0.6) is 0 Å². The van der Waals surface area contributed by atoms with E-state index in [0.29, 0.717) is 29.2 Å². The number of nitrogens with zero attached hydrogens (tertiary/aromatic N) is 1. The summed E-state index contributed by atoms with van der Waals surface area (Å²) in [6, 6.07) is 2.25. The molecule has 0 radical (unpaired) electrons. The fourth-order valence-corrected chi connectivity index (χ4v) is 3.81. The molecule has 0 unspecified atom stereocenters. The largest absolute Gasteiger partial charge is 0.376 e. The van der Waals surface area contributed by atoms with Crippen molar-refractivity contribution >= 4 is 33.3 Å². The van der Waals surface area contributed by atoms with E-state index < -0.39 is 16.1 Å². The molecule has 0 heterocycles. The first-order valence-electron chi connectivity index (χ1n) is 7.53. The monoisotopic (exact) mass is 361 g/mol. The van der Waals surface area contributed by atoms with E-state index >= 15 is 0 Å². The fourth-order valence-electron chi connectivity index (χ4n) is 2.27. The van der Waals surface area contributed by atoms with Gasteiger partial charge >= 0.3 is 6.03 Å². The van der Waals surface area contributed by atoms with Gasteiger partial charge < -0.3 is 10.2 Å². The van der Waals surface area contributed by atoms with Crippen LogP contribution in [-0.4, -0.2) is 35.1 Å². The van der Waals surface area contributed by atoms with Crippen molar-refractivity contribution in [2.75, 3.05) is 25.5 Å². The number of carbonyl (C=O) groups excluding carboxylic acids is 1. The van der Waals surface area contributed by atoms with Crippen LogP contribution in [-0.2, 0) is 16.4 Å². The Kier molecular flexibility index (Phi) is 7.15. The van der Waals surface area contributed by atoms with Gasteiger partial charge in [-0.2, -0.15) is 0 Å². The third-order valence-electron chi connectivity index (χ3n) is 3.19. The molecule has 130 valence electrons. The van der Waals surface area contributed by atoms with Crippen molar-refractivity contribution in [3.05, 3.63) is 22.7 Å². The number of carbonyl (C=O) groups is 1. The van der Waals surface area contributed by atoms with Crippen molar-refractivity contribution < 1.29 is 13.2 Å². The minimum Gasteiger partial charge on any atom is -0.376 e. The van der Waals surface area contributed by atoms with E-state index in [2.05, 4.69) is 10.0 Å². The van der Waals surface area contributed by atoms with E-state index in [4.69, 9.17) is 11.6 Å². The van der Waals surface area contributed by atoms with E-state index in [-0.39, 0.29) is 4.90 Å². The summed E-state index contributed by atoms with van der Waals surface area (Å²) in [7, 11) is -0.355. The van der Waals surface area contributed by atoms with Crippen molar-refractivity contribution in [2.24, 2.45) is 0 Å². The van der Waals surface area contributed by atoms with Crippen LogP contribution in [0.4, 0.5) is 10.5 Å². The lowest BCUT2D eigenvalue weighted by Gasteiger charge is -2.22. The SMILES string of the molecule is CCCNC(=O)NS(=O)(=O)c1ccc(Cl)c(N(C)C)c1CCC. The number of benzene rings is 1. The Labute approximate surface area is 143 Å². The molecule has 23 heavy (non-hydrogen) atoms. The number of hydrogen-bond donors (Lipinski definition) is 2. The van der Waals surface area contributed by atoms with Gasteiger partial charge in [0.25, 0.3) is 10.0 Å². The summed E-state index contributed by atoms with van der Waals surface area (Å²) in [5.41, 5.74) is 1.27. The van der Waals surface area contributed by atoms with Crippen molar-refractivity contribution in [1.29, 1.82) is 0 Å². The summed E-state index contributed by atoms with van der Waals surface area (Å²) in [5, 5.41) is 2.97. The predicted octanol–water partition coefficient (Wildman–Crippen LogP) is 2.76. The van der Waals surface area contributed by atoms with E-state index in [9.17, 15) is 13.2 Å². The molecule has 0 spiro atoms. The zero-order valence-electron chi connectivity index (χ0n) is 13.9. The predicted molar refractivity (Wildman–Crippen MR) is 93.8 cm³/mol. The molecular weight excluding hydrogens is 338 g/mol. The standard InChI is InChI=1S/C15H24ClN3O3S/c1-5-7-11-13(9-8-12(16)14(11)19(3)4)23(21,22)18-15(20)17-10-6-2/h8-9H,5-7,10H2,1-4H3,(H2,17,18,20). The summed E-state index contributed by atoms with van der Waals surface area (Å²) >= 11 is 6.22. The van der Waals surface area contributed by atoms with Crippen molar-refractivity contribution in [3.63, 3.8) is 0 Å². The molecule has 0 aliphatic carbocycles. The molecule has 0 atom stereocenters. The van der Waals surface area contributed by atoms with Gasteiger partial charge in [-0.15, -0.1) is 0 Å². The van der Waals surface area contributed by atoms with Crippen LogP contribution in [0.15, 0.2) is 17.0 Å². The molecule has 8 heteroatoms. The molecule has 2 amide bonds. The number of urea groups is 1. The van der Waals surface area contributed by atoms with Crippen LogP contribution in [0, 0.1) is 0 Å². The average molecular weight is 362 g/mol. The minimum absolute atomic E-state index is 0.0825. The quantitative estimate of drug-likeness (QED) is 0.782. The van der Waals surface area contributed by atoms with E-state index in [1.54, 1.807) is 19.0 Å². The number of sulfonamides is 1. The lowest BCUT2D eigenvalue weighted by Crippen LogP contribution is -2.40. The first kappa shape index (κ1) is 19.6. The summed E-state index contributed by atoms with van der Waals surface area (Å²) in [5.74, 6) is 0. The number of amides is 2. The average Bonchev–Trinajstić information content (AvgIpc) is 2.44. The number of nitrogens with one attached hydrogen (secondary N) is 2. The highest BCUT2D eigenvalue weighted by molar-refractivity contribution is 7.90. The Morgan fingerprint density at radius 1 is 1.22 bits per heavy atom. The zero-order chi connectivity index (χ0) is 17.6. The van der Waals surface area contributed by atoms with Crippen LogP contribution in [0.3, 0.4) is 0 Å². The molecule has 1 rings (SSSR count). The Morgan fingerprint density at radius 2 is 1.87 bits per heavy atom. The minimum atomic E-state index is -3.96. The van der Waals surface area contributed by atoms with E-state index in [1.165, 1.54) is 12.1 Å². The van der Waals surface area contributed by atoms with Gasteiger partial charge in [0.05, 0.1) is 15.6 Å². The van der Waals surface area contributed by atoms with Gasteiger partial charge in [0.15, 0.2) is 0 Å². The molecule has 0 aliphatic rings. The molecule has 1 aromatic rings. The van der Waals surface area contributed by atoms with E-state index in [0.717, 1.165) is 12.8 Å². The van der Waals surface area contributed by atoms with Gasteiger partial charge in [-0.25, -0.2) is 17.9 Å². The van der Waals surface area contributed by atoms with Crippen molar-refractivity contribution in [1.82, 2.24) is 10.0 Å². The molecule has 0 bridgehead atoms. The summed E-state index contributed by atoms with van der Waals surface area (Å²) in [6.45, 7) is 4.25. The topological polar surface area (TPSA) is 78.5 Å². The molecule has 0 saturated heterocycles. The highest BCUT2D eigenvalue weighted by Crippen LogP contribution is 2.34. The number of hydrogen-bond acceptors (Lipinski definition) is 4. The maximum atomic E-state index is 12.6. The first-order chi connectivity index (χ1) is 10.7. The van der Waals surface area contributed by atoms with Crippen molar-refractivity contribution in [2.45, 2.75) is 38.0 Å². The van der Waals surface area contributed by atoms with Gasteiger partial charge in [-0.3, -0.25) is 0 Å². The summed E-state index contributed by atoms with van der Waals surface area (Å²) < 4.78 is 27.2. The normalized spacial score (nSPS) is 11.2. The number of rotatable bonds is 7. The Balaban J connectivity index is 3.30. The van der Waals surface area contributed by atoms with Gasteiger partial charge in [-0.1, -0.05) is 31.9 Å². The molecule has 6 nitrogen and oxygen atoms in total. The van der Waals surface area contributed by atoms with Gasteiger partial charge in [-0.05, 0) is 30.5 Å². The second-order valence-corrected chi connectivity index (χ2v) is 7.44. The van der Waals surface area contributed by atoms with Gasteiger partial charge in [0.2, 0.25) is 0 Å². The van der Waals surface area contributed by atoms with Gasteiger partial charge in [0, 0.05) is 20.6 Å². The first-order valence-corrected chi connectivity index (χ1v) is 9.40. The molecule has 0 aliphatic heterocycles. The summed E-state index contributed by atoms with van der Waals surface area (Å²) in [4.78, 5) is 13.6. The maximum absolute atomic E-state index is 12.6. The van der Waals surface area contributed by atoms with Crippen LogP contribution in [0.2, 0.25) is 5.02 Å². The van der Waals surface area contributed by atoms with E-state index in [1.807, 2.05) is 13.8 Å². The second kappa shape index (κ2) is 8.40. The lowest BCUT2D eigenvalue weighted by atomic mass is 10.1. The van der Waals surface area contributed by atoms with Gasteiger partial charge in [0.1, 0.15) is 0 Å². The molecular formula is C15H24ClN3O3S. The molecule has 0 aromatic heterocycles. The van der Waals surface area contributed by atoms with Crippen LogP contribution < -0.4 is 14.9 Å². The van der Waals surface area contributed by atoms with Crippen LogP contribution in [0.25, 0.3) is 0 Å². The Bertz CT molecular complexity index is 660. The van der Waals surface area contributed by atoms with Crippen molar-refractivity contribution in [3.8, 4) is 0 Å². The van der Waals surface area contributed by atoms with Crippen LogP contribution in [0.1, 0.15) is 32.3 Å². The zero-order valence-corrected chi connectivity index (χ0v) is 15.5. The Hall–Kier alpha value is -1.47. The lowest BCUT2D eigenvalue weighted by molar-refractivity contribution is 0.246. The smallest absolute Gasteiger partial charge is 0.328 e. The van der Waals surface area contributed by atoms with Crippen LogP contribution >= 0.6 is 11.6 Å². The molecule has 2 N–H and O–H groups in total. The highest BCUT2D eigenvalue weighted by atomic mass is 35.5. The number of anilines is 1. The third-order valence-corrected chi connectivity index (χ3v) is 4.91. The molecule has 0 fully saturated rings. The Morgan fingerprint density at radius 3 is 2.39 bits per heavy atom. The fraction of sp³-hybridized carbons (Fsp3) is 0.533. The number of halogens is 1. The maximum Gasteiger partial charge on any atom is 0.328 e. The molecule has 1 aromatic carbocycles. The highest BCUT2D eigenvalue weighted by Gasteiger charge is 2.24. The molecule has 0 saturated carbocycles. The second-order valence-electron chi connectivity index (χ2n) is 5.38. The third kappa shape index (κ3) is 5.00. The summed E-state index contributed by atoms with van der Waals surface area (Å²) in [6.07, 6.45) is 2.02.